The van der Waals surface area contributed by atoms with Gasteiger partial charge in [0, 0.05) is 23.0 Å². The predicted molar refractivity (Wildman–Crippen MR) is 124 cm³/mol. The van der Waals surface area contributed by atoms with Crippen molar-refractivity contribution in [3.63, 3.8) is 0 Å². The summed E-state index contributed by atoms with van der Waals surface area (Å²) >= 11 is 0. The summed E-state index contributed by atoms with van der Waals surface area (Å²) in [7, 11) is 0. The number of piperazine rings is 1. The Labute approximate surface area is 191 Å². The maximum atomic E-state index is 13.6. The lowest BCUT2D eigenvalue weighted by Gasteiger charge is -2.47. The van der Waals surface area contributed by atoms with Crippen molar-refractivity contribution in [3.05, 3.63) is 95.6 Å². The number of H-pyrrole nitrogens is 1. The van der Waals surface area contributed by atoms with Crippen LogP contribution in [-0.4, -0.2) is 39.2 Å². The minimum Gasteiger partial charge on any atom is -0.467 e. The number of rotatable bonds is 5. The van der Waals surface area contributed by atoms with Crippen LogP contribution in [0.15, 0.2) is 77.4 Å². The standard InChI is InChI=1S/C27H25N3O3/c31-25-17-29(16-19-9-6-14-33-19)27(32)24-15-21-20-10-4-5-11-22(20)28-26(21)23(30(24)25)13-12-18-7-2-1-3-8-18/h1-11,14,23-24,28H,12-13,15-17H2/t23-,24-/m0/s1. The first-order valence-corrected chi connectivity index (χ1v) is 11.4. The fraction of sp³-hybridized carbons (Fsp3) is 0.259. The summed E-state index contributed by atoms with van der Waals surface area (Å²) in [6.45, 7) is 0.394. The van der Waals surface area contributed by atoms with Gasteiger partial charge in [0.1, 0.15) is 18.3 Å². The number of amides is 2. The number of nitrogens with zero attached hydrogens (tertiary/aromatic N) is 2. The fourth-order valence-corrected chi connectivity index (χ4v) is 5.42. The Bertz CT molecular complexity index is 1310. The molecule has 4 heterocycles. The Morgan fingerprint density at radius 1 is 0.970 bits per heavy atom. The summed E-state index contributed by atoms with van der Waals surface area (Å²) in [5.74, 6) is 0.675. The topological polar surface area (TPSA) is 69.6 Å². The molecule has 0 spiro atoms. The number of carbonyl (C=O) groups is 2. The van der Waals surface area contributed by atoms with Crippen LogP contribution in [0.1, 0.15) is 35.0 Å². The zero-order valence-electron chi connectivity index (χ0n) is 18.2. The molecule has 0 saturated carbocycles. The van der Waals surface area contributed by atoms with Crippen LogP contribution in [0.25, 0.3) is 10.9 Å². The average Bonchev–Trinajstić information content (AvgIpc) is 3.48. The molecular formula is C27H25N3O3. The van der Waals surface area contributed by atoms with E-state index in [-0.39, 0.29) is 24.4 Å². The second-order valence-electron chi connectivity index (χ2n) is 8.90. The normalized spacial score (nSPS) is 20.2. The summed E-state index contributed by atoms with van der Waals surface area (Å²) in [5, 5.41) is 1.14. The van der Waals surface area contributed by atoms with Gasteiger partial charge in [0.15, 0.2) is 0 Å². The second kappa shape index (κ2) is 7.96. The van der Waals surface area contributed by atoms with Crippen molar-refractivity contribution < 1.29 is 14.0 Å². The molecule has 1 N–H and O–H groups in total. The molecule has 2 atom stereocenters. The van der Waals surface area contributed by atoms with Gasteiger partial charge in [0.2, 0.25) is 11.8 Å². The quantitative estimate of drug-likeness (QED) is 0.506. The maximum absolute atomic E-state index is 13.6. The van der Waals surface area contributed by atoms with Gasteiger partial charge >= 0.3 is 0 Å². The molecule has 0 bridgehead atoms. The lowest BCUT2D eigenvalue weighted by atomic mass is 9.86. The first-order valence-electron chi connectivity index (χ1n) is 11.4. The zero-order valence-corrected chi connectivity index (χ0v) is 18.2. The Morgan fingerprint density at radius 2 is 1.79 bits per heavy atom. The highest BCUT2D eigenvalue weighted by atomic mass is 16.3. The van der Waals surface area contributed by atoms with Gasteiger partial charge in [0.05, 0.1) is 18.8 Å². The van der Waals surface area contributed by atoms with E-state index in [9.17, 15) is 9.59 Å². The fourth-order valence-electron chi connectivity index (χ4n) is 5.42. The molecule has 0 radical (unpaired) electrons. The van der Waals surface area contributed by atoms with Gasteiger partial charge in [-0.25, -0.2) is 0 Å². The van der Waals surface area contributed by atoms with Crippen molar-refractivity contribution in [1.29, 1.82) is 0 Å². The third kappa shape index (κ3) is 3.42. The van der Waals surface area contributed by atoms with E-state index in [1.807, 2.05) is 41.3 Å². The molecule has 1 saturated heterocycles. The lowest BCUT2D eigenvalue weighted by molar-refractivity contribution is -0.160. The first-order chi connectivity index (χ1) is 16.2. The Kier molecular flexibility index (Phi) is 4.79. The Hall–Kier alpha value is -3.80. The van der Waals surface area contributed by atoms with Crippen molar-refractivity contribution in [2.24, 2.45) is 0 Å². The van der Waals surface area contributed by atoms with Crippen LogP contribution in [0.3, 0.4) is 0 Å². The second-order valence-corrected chi connectivity index (χ2v) is 8.90. The number of benzene rings is 2. The van der Waals surface area contributed by atoms with Gasteiger partial charge < -0.3 is 19.2 Å². The number of furan rings is 1. The van der Waals surface area contributed by atoms with E-state index < -0.39 is 6.04 Å². The van der Waals surface area contributed by atoms with Crippen LogP contribution in [0.5, 0.6) is 0 Å². The number of nitrogens with one attached hydrogen (secondary N) is 1. The minimum atomic E-state index is -0.492. The first kappa shape index (κ1) is 19.9. The summed E-state index contributed by atoms with van der Waals surface area (Å²) in [6.07, 6.45) is 3.72. The van der Waals surface area contributed by atoms with Crippen molar-refractivity contribution in [2.45, 2.75) is 37.9 Å². The van der Waals surface area contributed by atoms with Gasteiger partial charge in [-0.3, -0.25) is 9.59 Å². The third-order valence-electron chi connectivity index (χ3n) is 6.94. The Balaban J connectivity index is 1.38. The molecule has 2 aromatic heterocycles. The van der Waals surface area contributed by atoms with Crippen molar-refractivity contribution in [2.75, 3.05) is 6.54 Å². The van der Waals surface area contributed by atoms with E-state index in [1.165, 1.54) is 5.56 Å². The van der Waals surface area contributed by atoms with Gasteiger partial charge in [-0.05, 0) is 42.2 Å². The van der Waals surface area contributed by atoms with E-state index in [1.54, 1.807) is 17.2 Å². The predicted octanol–water partition coefficient (Wildman–Crippen LogP) is 4.23. The molecule has 0 unspecified atom stereocenters. The molecule has 2 aliphatic rings. The highest BCUT2D eigenvalue weighted by molar-refractivity contribution is 5.97. The number of aromatic nitrogens is 1. The highest BCUT2D eigenvalue weighted by Crippen LogP contribution is 2.41. The molecule has 6 nitrogen and oxygen atoms in total. The number of aromatic amines is 1. The summed E-state index contributed by atoms with van der Waals surface area (Å²) in [4.78, 5) is 34.1. The van der Waals surface area contributed by atoms with Crippen LogP contribution >= 0.6 is 0 Å². The Morgan fingerprint density at radius 3 is 2.61 bits per heavy atom. The molecule has 6 rings (SSSR count). The van der Waals surface area contributed by atoms with E-state index in [4.69, 9.17) is 4.42 Å². The zero-order chi connectivity index (χ0) is 22.4. The monoisotopic (exact) mass is 439 g/mol. The SMILES string of the molecule is O=C1[C@@H]2Cc3c([nH]c4ccccc34)[C@H](CCc3ccccc3)N2C(=O)CN1Cc1ccco1. The van der Waals surface area contributed by atoms with E-state index >= 15 is 0 Å². The van der Waals surface area contributed by atoms with Crippen LogP contribution < -0.4 is 0 Å². The van der Waals surface area contributed by atoms with Gasteiger partial charge in [-0.2, -0.15) is 0 Å². The molecule has 2 aromatic carbocycles. The lowest BCUT2D eigenvalue weighted by Crippen LogP contribution is -2.62. The van der Waals surface area contributed by atoms with Gasteiger partial charge in [-0.15, -0.1) is 0 Å². The number of hydrogen-bond donors (Lipinski definition) is 1. The van der Waals surface area contributed by atoms with Crippen molar-refractivity contribution >= 4 is 22.7 Å². The van der Waals surface area contributed by atoms with Gasteiger partial charge in [-0.1, -0.05) is 48.5 Å². The van der Waals surface area contributed by atoms with Crippen LogP contribution in [0.2, 0.25) is 0 Å². The van der Waals surface area contributed by atoms with Gasteiger partial charge in [0.25, 0.3) is 0 Å². The van der Waals surface area contributed by atoms with Crippen LogP contribution in [0.4, 0.5) is 0 Å². The highest BCUT2D eigenvalue weighted by Gasteiger charge is 2.47. The molecular weight excluding hydrogens is 414 g/mol. The number of carbonyl (C=O) groups excluding carboxylic acids is 2. The minimum absolute atomic E-state index is 0.00600. The van der Waals surface area contributed by atoms with Crippen molar-refractivity contribution in [3.8, 4) is 0 Å². The molecule has 0 aliphatic carbocycles. The van der Waals surface area contributed by atoms with Crippen molar-refractivity contribution in [1.82, 2.24) is 14.8 Å². The summed E-state index contributed by atoms with van der Waals surface area (Å²) in [6, 6.07) is 21.5. The summed E-state index contributed by atoms with van der Waals surface area (Å²) < 4.78 is 5.44. The van der Waals surface area contributed by atoms with E-state index in [0.29, 0.717) is 18.7 Å². The summed E-state index contributed by atoms with van der Waals surface area (Å²) in [5.41, 5.74) is 4.52. The number of hydrogen-bond acceptors (Lipinski definition) is 3. The molecule has 2 amide bonds. The molecule has 4 aromatic rings. The largest absolute Gasteiger partial charge is 0.467 e. The molecule has 1 fully saturated rings. The van der Waals surface area contributed by atoms with E-state index in [2.05, 4.69) is 29.2 Å². The maximum Gasteiger partial charge on any atom is 0.246 e. The smallest absolute Gasteiger partial charge is 0.246 e. The number of para-hydroxylation sites is 1. The molecule has 2 aliphatic heterocycles. The molecule has 33 heavy (non-hydrogen) atoms. The molecule has 166 valence electrons. The molecule has 6 heteroatoms. The van der Waals surface area contributed by atoms with E-state index in [0.717, 1.165) is 35.0 Å². The average molecular weight is 440 g/mol. The van der Waals surface area contributed by atoms with Crippen LogP contribution in [0, 0.1) is 0 Å². The van der Waals surface area contributed by atoms with Crippen LogP contribution in [-0.2, 0) is 29.0 Å². The number of fused-ring (bicyclic) bond motifs is 4. The number of aryl methyl sites for hydroxylation is 1. The third-order valence-corrected chi connectivity index (χ3v) is 6.94.